The molecule has 13 heavy (non-hydrogen) atoms. The van der Waals surface area contributed by atoms with Crippen LogP contribution in [0.3, 0.4) is 0 Å². The minimum atomic E-state index is -0.157. The molecule has 0 bridgehead atoms. The fourth-order valence-electron chi connectivity index (χ4n) is 0.904. The molecule has 0 saturated carbocycles. The predicted molar refractivity (Wildman–Crippen MR) is 49.2 cm³/mol. The summed E-state index contributed by atoms with van der Waals surface area (Å²) in [4.78, 5) is 21.8. The molecule has 0 rings (SSSR count). The second kappa shape index (κ2) is 6.60. The molecule has 0 aromatic rings. The van der Waals surface area contributed by atoms with Gasteiger partial charge < -0.3 is 15.2 Å². The molecule has 4 nitrogen and oxygen atoms in total. The van der Waals surface area contributed by atoms with Crippen molar-refractivity contribution in [2.75, 3.05) is 13.2 Å². The molecule has 0 saturated heterocycles. The number of carbonyl (C=O) groups excluding carboxylic acids is 2. The van der Waals surface area contributed by atoms with Crippen LogP contribution in [0.15, 0.2) is 0 Å². The second-order valence-electron chi connectivity index (χ2n) is 3.16. The van der Waals surface area contributed by atoms with Gasteiger partial charge in [0.1, 0.15) is 5.78 Å². The molecule has 1 atom stereocenters. The minimum absolute atomic E-state index is 0.0504. The van der Waals surface area contributed by atoms with Gasteiger partial charge in [-0.2, -0.15) is 0 Å². The van der Waals surface area contributed by atoms with E-state index in [1.165, 1.54) is 6.92 Å². The second-order valence-corrected chi connectivity index (χ2v) is 3.16. The number of aliphatic hydroxyl groups excluding tert-OH is 1. The summed E-state index contributed by atoms with van der Waals surface area (Å²) in [6.07, 6.45) is 1.01. The zero-order chi connectivity index (χ0) is 10.3. The number of hydrogen-bond donors (Lipinski definition) is 2. The van der Waals surface area contributed by atoms with Gasteiger partial charge in [0.15, 0.2) is 0 Å². The summed E-state index contributed by atoms with van der Waals surface area (Å²) in [5.74, 6) is -0.160. The molecule has 0 spiro atoms. The number of amides is 1. The molecule has 0 aromatic carbocycles. The maximum absolute atomic E-state index is 11.2. The fourth-order valence-corrected chi connectivity index (χ4v) is 0.904. The van der Waals surface area contributed by atoms with Crippen molar-refractivity contribution in [2.45, 2.75) is 26.7 Å². The number of hydrogen-bond acceptors (Lipinski definition) is 3. The Balaban J connectivity index is 3.62. The molecule has 0 aliphatic rings. The van der Waals surface area contributed by atoms with Gasteiger partial charge in [0.05, 0.1) is 6.61 Å². The van der Waals surface area contributed by atoms with Gasteiger partial charge in [-0.1, -0.05) is 6.92 Å². The van der Waals surface area contributed by atoms with Crippen molar-refractivity contribution in [3.63, 3.8) is 0 Å². The molecule has 0 aromatic heterocycles. The van der Waals surface area contributed by atoms with E-state index < -0.39 is 0 Å². The zero-order valence-electron chi connectivity index (χ0n) is 8.17. The van der Waals surface area contributed by atoms with Gasteiger partial charge in [-0.05, 0) is 13.3 Å². The highest BCUT2D eigenvalue weighted by Gasteiger charge is 2.12. The first kappa shape index (κ1) is 12.1. The number of Topliss-reactive ketones (excluding diaryl/α,β-unsaturated/α-hetero) is 1. The van der Waals surface area contributed by atoms with Gasteiger partial charge in [-0.15, -0.1) is 0 Å². The number of nitrogens with one attached hydrogen (secondary N) is 1. The normalized spacial score (nSPS) is 12.2. The lowest BCUT2D eigenvalue weighted by Crippen LogP contribution is -2.31. The molecule has 1 unspecified atom stereocenters. The predicted octanol–water partition coefficient (Wildman–Crippen LogP) is 0.100. The van der Waals surface area contributed by atoms with E-state index in [1.54, 1.807) is 6.92 Å². The Hall–Kier alpha value is -0.900. The first-order valence-electron chi connectivity index (χ1n) is 4.46. The van der Waals surface area contributed by atoms with E-state index in [2.05, 4.69) is 5.32 Å². The number of rotatable bonds is 6. The van der Waals surface area contributed by atoms with Crippen molar-refractivity contribution < 1.29 is 14.7 Å². The summed E-state index contributed by atoms with van der Waals surface area (Å²) in [6, 6.07) is 0. The Kier molecular flexibility index (Phi) is 6.14. The Morgan fingerprint density at radius 2 is 2.08 bits per heavy atom. The lowest BCUT2D eigenvalue weighted by molar-refractivity contribution is -0.125. The van der Waals surface area contributed by atoms with E-state index in [0.717, 1.165) is 0 Å². The van der Waals surface area contributed by atoms with Crippen LogP contribution in [0.4, 0.5) is 0 Å². The summed E-state index contributed by atoms with van der Waals surface area (Å²) >= 11 is 0. The molecule has 76 valence electrons. The lowest BCUT2D eigenvalue weighted by atomic mass is 10.0. The highest BCUT2D eigenvalue weighted by atomic mass is 16.3. The number of aliphatic hydroxyl groups is 1. The van der Waals surface area contributed by atoms with Gasteiger partial charge in [-0.25, -0.2) is 0 Å². The molecule has 4 heteroatoms. The maximum atomic E-state index is 11.2. The van der Waals surface area contributed by atoms with Crippen molar-refractivity contribution in [1.29, 1.82) is 0 Å². The third-order valence-corrected chi connectivity index (χ3v) is 1.79. The van der Waals surface area contributed by atoms with Crippen LogP contribution in [0.25, 0.3) is 0 Å². The van der Waals surface area contributed by atoms with Crippen LogP contribution >= 0.6 is 0 Å². The van der Waals surface area contributed by atoms with Gasteiger partial charge >= 0.3 is 0 Å². The van der Waals surface area contributed by atoms with Gasteiger partial charge in [0.25, 0.3) is 0 Å². The number of ketones is 1. The molecule has 1 amide bonds. The van der Waals surface area contributed by atoms with Gasteiger partial charge in [0, 0.05) is 18.9 Å². The van der Waals surface area contributed by atoms with Crippen LogP contribution in [-0.4, -0.2) is 29.9 Å². The van der Waals surface area contributed by atoms with E-state index in [-0.39, 0.29) is 30.8 Å². The van der Waals surface area contributed by atoms with Crippen molar-refractivity contribution in [3.05, 3.63) is 0 Å². The fraction of sp³-hybridized carbons (Fsp3) is 0.778. The molecular formula is C9H17NO3. The summed E-state index contributed by atoms with van der Waals surface area (Å²) in [5.41, 5.74) is 0. The minimum Gasteiger partial charge on any atom is -0.395 e. The van der Waals surface area contributed by atoms with E-state index in [0.29, 0.717) is 12.8 Å². The van der Waals surface area contributed by atoms with Crippen LogP contribution in [0.5, 0.6) is 0 Å². The number of carbonyl (C=O) groups is 2. The highest BCUT2D eigenvalue weighted by Crippen LogP contribution is 2.05. The van der Waals surface area contributed by atoms with Gasteiger partial charge in [-0.3, -0.25) is 4.79 Å². The Bertz CT molecular complexity index is 180. The Morgan fingerprint density at radius 3 is 2.54 bits per heavy atom. The molecule has 0 aliphatic carbocycles. The third-order valence-electron chi connectivity index (χ3n) is 1.79. The SMILES string of the molecule is CC(=O)CCC(C)C(=O)NCCO. The summed E-state index contributed by atoms with van der Waals surface area (Å²) in [7, 11) is 0. The zero-order valence-corrected chi connectivity index (χ0v) is 8.17. The summed E-state index contributed by atoms with van der Waals surface area (Å²) < 4.78 is 0. The maximum Gasteiger partial charge on any atom is 0.222 e. The first-order valence-corrected chi connectivity index (χ1v) is 4.46. The van der Waals surface area contributed by atoms with Crippen molar-refractivity contribution in [2.24, 2.45) is 5.92 Å². The standard InChI is InChI=1S/C9H17NO3/c1-7(3-4-8(2)12)9(13)10-5-6-11/h7,11H,3-6H2,1-2H3,(H,10,13). The molecule has 0 heterocycles. The monoisotopic (exact) mass is 187 g/mol. The van der Waals surface area contributed by atoms with Gasteiger partial charge in [0.2, 0.25) is 5.91 Å². The van der Waals surface area contributed by atoms with Crippen LogP contribution in [-0.2, 0) is 9.59 Å². The lowest BCUT2D eigenvalue weighted by Gasteiger charge is -2.09. The van der Waals surface area contributed by atoms with E-state index in [1.807, 2.05) is 0 Å². The van der Waals surface area contributed by atoms with Crippen LogP contribution in [0.2, 0.25) is 0 Å². The van der Waals surface area contributed by atoms with Crippen molar-refractivity contribution >= 4 is 11.7 Å². The average molecular weight is 187 g/mol. The van der Waals surface area contributed by atoms with Crippen LogP contribution in [0.1, 0.15) is 26.7 Å². The smallest absolute Gasteiger partial charge is 0.222 e. The van der Waals surface area contributed by atoms with Crippen molar-refractivity contribution in [1.82, 2.24) is 5.32 Å². The quantitative estimate of drug-likeness (QED) is 0.619. The van der Waals surface area contributed by atoms with Crippen molar-refractivity contribution in [3.8, 4) is 0 Å². The molecule has 2 N–H and O–H groups in total. The van der Waals surface area contributed by atoms with E-state index in [4.69, 9.17) is 5.11 Å². The van der Waals surface area contributed by atoms with Crippen LogP contribution < -0.4 is 5.32 Å². The largest absolute Gasteiger partial charge is 0.395 e. The molecular weight excluding hydrogens is 170 g/mol. The molecule has 0 fully saturated rings. The topological polar surface area (TPSA) is 66.4 Å². The average Bonchev–Trinajstić information content (AvgIpc) is 2.10. The van der Waals surface area contributed by atoms with E-state index in [9.17, 15) is 9.59 Å². The highest BCUT2D eigenvalue weighted by molar-refractivity contribution is 5.80. The Labute approximate surface area is 78.3 Å². The first-order chi connectivity index (χ1) is 6.07. The summed E-state index contributed by atoms with van der Waals surface area (Å²) in [5, 5.41) is 11.0. The van der Waals surface area contributed by atoms with E-state index >= 15 is 0 Å². The molecule has 0 aliphatic heterocycles. The molecule has 0 radical (unpaired) electrons. The Morgan fingerprint density at radius 1 is 1.46 bits per heavy atom. The van der Waals surface area contributed by atoms with Crippen LogP contribution in [0, 0.1) is 5.92 Å². The summed E-state index contributed by atoms with van der Waals surface area (Å²) in [6.45, 7) is 3.52. The third kappa shape index (κ3) is 6.28.